The van der Waals surface area contributed by atoms with Crippen molar-refractivity contribution in [3.8, 4) is 0 Å². The van der Waals surface area contributed by atoms with Crippen LogP contribution in [0.25, 0.3) is 0 Å². The first-order valence-corrected chi connectivity index (χ1v) is 23.5. The maximum absolute atomic E-state index is 12.6. The molecule has 0 fully saturated rings. The molecular formula is C48H80NO9P. The van der Waals surface area contributed by atoms with Gasteiger partial charge >= 0.3 is 11.9 Å². The molecule has 0 aliphatic carbocycles. The van der Waals surface area contributed by atoms with E-state index >= 15 is 0 Å². The summed E-state index contributed by atoms with van der Waals surface area (Å²) in [4.78, 5) is 37.5. The fourth-order valence-corrected chi connectivity index (χ4v) is 5.93. The molecule has 10 nitrogen and oxygen atoms in total. The van der Waals surface area contributed by atoms with Gasteiger partial charge in [0.1, 0.15) is 19.8 Å². The number of hydrogen-bond acceptors (Lipinski definition) is 9. The minimum atomic E-state index is -4.66. The van der Waals surface area contributed by atoms with Gasteiger partial charge in [-0.3, -0.25) is 14.2 Å². The van der Waals surface area contributed by atoms with Gasteiger partial charge in [0.2, 0.25) is 0 Å². The number of phosphoric acid groups is 1. The molecule has 0 aromatic rings. The van der Waals surface area contributed by atoms with Crippen molar-refractivity contribution in [2.45, 2.75) is 148 Å². The third-order valence-corrected chi connectivity index (χ3v) is 9.65. The molecule has 336 valence electrons. The topological polar surface area (TPSA) is 131 Å². The molecule has 0 saturated carbocycles. The first-order valence-electron chi connectivity index (χ1n) is 22.1. The second-order valence-corrected chi connectivity index (χ2v) is 16.9. The summed E-state index contributed by atoms with van der Waals surface area (Å²) in [7, 11) is 1.07. The summed E-state index contributed by atoms with van der Waals surface area (Å²) in [5.41, 5.74) is 0. The number of esters is 2. The Morgan fingerprint density at radius 3 is 1.85 bits per heavy atom. The molecule has 59 heavy (non-hydrogen) atoms. The summed E-state index contributed by atoms with van der Waals surface area (Å²) in [5.74, 6) is -0.981. The van der Waals surface area contributed by atoms with E-state index in [1.807, 2.05) is 69.8 Å². The first-order chi connectivity index (χ1) is 28.4. The number of phosphoric ester groups is 1. The smallest absolute Gasteiger partial charge is 0.306 e. The second-order valence-electron chi connectivity index (χ2n) is 15.5. The Morgan fingerprint density at radius 2 is 1.22 bits per heavy atom. The van der Waals surface area contributed by atoms with E-state index < -0.39 is 38.6 Å². The van der Waals surface area contributed by atoms with Crippen molar-refractivity contribution >= 4 is 19.8 Å². The maximum Gasteiger partial charge on any atom is 0.306 e. The normalized spacial score (nSPS) is 15.0. The molecule has 0 radical (unpaired) electrons. The Morgan fingerprint density at radius 1 is 0.644 bits per heavy atom. The molecule has 0 aromatic heterocycles. The van der Waals surface area contributed by atoms with E-state index in [2.05, 4.69) is 56.4 Å². The summed E-state index contributed by atoms with van der Waals surface area (Å²) in [6, 6.07) is 0. The van der Waals surface area contributed by atoms with E-state index in [4.69, 9.17) is 18.5 Å². The van der Waals surface area contributed by atoms with E-state index in [0.717, 1.165) is 70.6 Å². The molecule has 0 aliphatic rings. The quantitative estimate of drug-likeness (QED) is 0.0161. The number of nitrogens with zero attached hydrogens (tertiary/aromatic N) is 1. The highest BCUT2D eigenvalue weighted by molar-refractivity contribution is 7.45. The van der Waals surface area contributed by atoms with Crippen molar-refractivity contribution in [2.24, 2.45) is 0 Å². The van der Waals surface area contributed by atoms with Crippen LogP contribution >= 0.6 is 7.82 Å². The molecule has 0 rings (SSSR count). The molecule has 0 heterocycles. The number of rotatable bonds is 38. The predicted octanol–water partition coefficient (Wildman–Crippen LogP) is 10.9. The van der Waals surface area contributed by atoms with Crippen LogP contribution in [0.4, 0.5) is 0 Å². The minimum Gasteiger partial charge on any atom is -0.756 e. The Bertz CT molecular complexity index is 1340. The van der Waals surface area contributed by atoms with Crippen molar-refractivity contribution in [1.82, 2.24) is 0 Å². The van der Waals surface area contributed by atoms with Gasteiger partial charge in [0.15, 0.2) is 6.10 Å². The summed E-state index contributed by atoms with van der Waals surface area (Å²) < 4.78 is 33.7. The van der Waals surface area contributed by atoms with Gasteiger partial charge in [-0.05, 0) is 77.0 Å². The third kappa shape index (κ3) is 42.8. The van der Waals surface area contributed by atoms with E-state index in [0.29, 0.717) is 30.3 Å². The Hall–Kier alpha value is -3.11. The van der Waals surface area contributed by atoms with Gasteiger partial charge in [-0.15, -0.1) is 0 Å². The van der Waals surface area contributed by atoms with Crippen molar-refractivity contribution in [2.75, 3.05) is 47.5 Å². The highest BCUT2D eigenvalue weighted by Gasteiger charge is 2.21. The molecule has 0 saturated heterocycles. The van der Waals surface area contributed by atoms with Crippen molar-refractivity contribution in [1.29, 1.82) is 0 Å². The van der Waals surface area contributed by atoms with Crippen LogP contribution in [-0.2, 0) is 32.7 Å². The van der Waals surface area contributed by atoms with Crippen LogP contribution < -0.4 is 4.89 Å². The molecule has 1 N–H and O–H groups in total. The molecule has 0 aliphatic heterocycles. The highest BCUT2D eigenvalue weighted by atomic mass is 31.2. The summed E-state index contributed by atoms with van der Waals surface area (Å²) in [6.45, 7) is 3.84. The fraction of sp³-hybridized carbons (Fsp3) is 0.625. The number of aliphatic hydroxyl groups excluding tert-OH is 1. The zero-order valence-electron chi connectivity index (χ0n) is 37.3. The molecule has 11 heteroatoms. The molecule has 3 atom stereocenters. The van der Waals surface area contributed by atoms with Crippen LogP contribution in [0, 0.1) is 0 Å². The lowest BCUT2D eigenvalue weighted by molar-refractivity contribution is -0.870. The van der Waals surface area contributed by atoms with Crippen molar-refractivity contribution in [3.63, 3.8) is 0 Å². The van der Waals surface area contributed by atoms with Gasteiger partial charge in [-0.2, -0.15) is 0 Å². The first kappa shape index (κ1) is 55.9. The van der Waals surface area contributed by atoms with Crippen LogP contribution in [0.3, 0.4) is 0 Å². The van der Waals surface area contributed by atoms with Crippen LogP contribution in [0.15, 0.2) is 97.2 Å². The highest BCUT2D eigenvalue weighted by Crippen LogP contribution is 2.38. The standard InChI is InChI=1S/C48H80NO9P/c1-6-8-10-11-12-13-14-15-16-19-22-25-28-31-35-39-47(51)55-43-46(44-57-59(53,54)56-42-41-49(3,4)5)58-48(52)40-36-32-29-26-23-20-17-18-21-24-27-30-34-38-45(50)37-33-9-7-2/h9,12-13,15-16,18,20-21,23,27,29-30,32-34,38,45-46,50H,6-8,10-11,14,17,19,22,24-26,28,31,35-37,39-44H2,1-5H3/b13-12-,16-15-,21-18-,23-20-,30-27+,32-29-,33-9-,38-34+/t45?,46-/m1/s1. The number of unbranched alkanes of at least 4 members (excludes halogenated alkanes) is 8. The van der Waals surface area contributed by atoms with Crippen LogP contribution in [0.5, 0.6) is 0 Å². The molecule has 0 amide bonds. The zero-order chi connectivity index (χ0) is 43.7. The molecular weight excluding hydrogens is 766 g/mol. The number of hydrogen-bond donors (Lipinski definition) is 1. The number of ether oxygens (including phenoxy) is 2. The van der Waals surface area contributed by atoms with Crippen LogP contribution in [0.2, 0.25) is 0 Å². The van der Waals surface area contributed by atoms with E-state index in [-0.39, 0.29) is 26.1 Å². The van der Waals surface area contributed by atoms with Gasteiger partial charge < -0.3 is 33.0 Å². The number of likely N-dealkylation sites (N-methyl/N-ethyl adjacent to an activating group) is 1. The lowest BCUT2D eigenvalue weighted by atomic mass is 10.1. The number of aliphatic hydroxyl groups is 1. The van der Waals surface area contributed by atoms with Crippen molar-refractivity contribution < 1.29 is 47.2 Å². The zero-order valence-corrected chi connectivity index (χ0v) is 38.2. The largest absolute Gasteiger partial charge is 0.756 e. The summed E-state index contributed by atoms with van der Waals surface area (Å²) in [6.07, 6.45) is 47.8. The lowest BCUT2D eigenvalue weighted by Crippen LogP contribution is -2.37. The Balaban J connectivity index is 4.57. The Labute approximate surface area is 358 Å². The van der Waals surface area contributed by atoms with E-state index in [9.17, 15) is 24.2 Å². The molecule has 0 spiro atoms. The second kappa shape index (κ2) is 39.1. The maximum atomic E-state index is 12.6. The van der Waals surface area contributed by atoms with E-state index in [1.54, 1.807) is 6.08 Å². The lowest BCUT2D eigenvalue weighted by Gasteiger charge is -2.28. The average molecular weight is 846 g/mol. The SMILES string of the molecule is CC/C=C\CC(O)/C=C/C=C/C/C=C\C/C=C\C/C=C\CCC(=O)O[C@H](COC(=O)CCCCCCC/C=C\C/C=C\CCCCC)COP(=O)([O-])OCC[N+](C)(C)C. The number of carbonyl (C=O) groups excluding carboxylic acids is 2. The third-order valence-electron chi connectivity index (χ3n) is 8.68. The Kier molecular flexibility index (Phi) is 37.0. The fourth-order valence-electron chi connectivity index (χ4n) is 5.20. The van der Waals surface area contributed by atoms with Gasteiger partial charge in [0.05, 0.1) is 33.9 Å². The summed E-state index contributed by atoms with van der Waals surface area (Å²) in [5, 5.41) is 9.85. The number of carbonyl (C=O) groups is 2. The number of quaternary nitrogens is 1. The minimum absolute atomic E-state index is 0.0594. The van der Waals surface area contributed by atoms with Crippen molar-refractivity contribution in [3.05, 3.63) is 97.2 Å². The molecule has 0 bridgehead atoms. The van der Waals surface area contributed by atoms with Crippen LogP contribution in [-0.4, -0.2) is 81.2 Å². The van der Waals surface area contributed by atoms with Gasteiger partial charge in [-0.25, -0.2) is 0 Å². The van der Waals surface area contributed by atoms with E-state index in [1.165, 1.54) is 19.3 Å². The number of allylic oxidation sites excluding steroid dienone is 14. The summed E-state index contributed by atoms with van der Waals surface area (Å²) >= 11 is 0. The van der Waals surface area contributed by atoms with Gasteiger partial charge in [0, 0.05) is 12.8 Å². The van der Waals surface area contributed by atoms with Gasteiger partial charge in [0.25, 0.3) is 7.82 Å². The monoisotopic (exact) mass is 846 g/mol. The van der Waals surface area contributed by atoms with Crippen LogP contribution in [0.1, 0.15) is 136 Å². The molecule has 2 unspecified atom stereocenters. The average Bonchev–Trinajstić information content (AvgIpc) is 3.18. The predicted molar refractivity (Wildman–Crippen MR) is 241 cm³/mol. The molecule has 0 aromatic carbocycles. The van der Waals surface area contributed by atoms with Gasteiger partial charge in [-0.1, -0.05) is 143 Å².